The van der Waals surface area contributed by atoms with Crippen molar-refractivity contribution < 1.29 is 9.50 Å². The molecule has 0 radical (unpaired) electrons. The molecule has 17 heavy (non-hydrogen) atoms. The van der Waals surface area contributed by atoms with Gasteiger partial charge in [-0.05, 0) is 30.0 Å². The minimum Gasteiger partial charge on any atom is -0.385 e. The normalized spacial score (nSPS) is 22.7. The van der Waals surface area contributed by atoms with Gasteiger partial charge in [0.05, 0.1) is 10.6 Å². The third-order valence-corrected chi connectivity index (χ3v) is 4.12. The number of aromatic nitrogens is 1. The molecule has 4 heteroatoms. The Morgan fingerprint density at radius 2 is 2.35 bits per heavy atom. The number of halogens is 1. The van der Waals surface area contributed by atoms with Gasteiger partial charge in [-0.3, -0.25) is 0 Å². The van der Waals surface area contributed by atoms with Crippen molar-refractivity contribution in [3.8, 4) is 0 Å². The molecule has 3 rings (SSSR count). The maximum Gasteiger partial charge on any atom is 0.126 e. The van der Waals surface area contributed by atoms with E-state index in [2.05, 4.69) is 4.98 Å². The molecule has 0 saturated heterocycles. The maximum absolute atomic E-state index is 13.6. The molecule has 1 N–H and O–H groups in total. The molecule has 88 valence electrons. The Kier molecular flexibility index (Phi) is 2.49. The van der Waals surface area contributed by atoms with Gasteiger partial charge in [-0.15, -0.1) is 11.3 Å². The van der Waals surface area contributed by atoms with E-state index in [0.717, 1.165) is 10.6 Å². The van der Waals surface area contributed by atoms with Crippen molar-refractivity contribution >= 4 is 11.3 Å². The molecule has 0 spiro atoms. The summed E-state index contributed by atoms with van der Waals surface area (Å²) in [4.78, 5) is 4.19. The maximum atomic E-state index is 13.6. The van der Waals surface area contributed by atoms with Gasteiger partial charge in [0.2, 0.25) is 0 Å². The lowest BCUT2D eigenvalue weighted by atomic mass is 9.92. The molecule has 0 aliphatic heterocycles. The minimum atomic E-state index is -0.949. The van der Waals surface area contributed by atoms with Crippen molar-refractivity contribution in [2.24, 2.45) is 0 Å². The van der Waals surface area contributed by atoms with Crippen molar-refractivity contribution in [2.45, 2.75) is 24.9 Å². The van der Waals surface area contributed by atoms with Crippen LogP contribution in [-0.2, 0) is 18.4 Å². The van der Waals surface area contributed by atoms with E-state index in [-0.39, 0.29) is 5.82 Å². The van der Waals surface area contributed by atoms with Crippen LogP contribution in [0.5, 0.6) is 0 Å². The standard InChI is InChI=1S/C13H12FNOS/c14-11-3-1-2-10-9(11)4-5-13(10,16)8-12-15-6-7-17-12/h1-3,6-7,16H,4-5,8H2. The Balaban J connectivity index is 1.99. The van der Waals surface area contributed by atoms with Gasteiger partial charge < -0.3 is 5.11 Å². The molecule has 1 heterocycles. The molecular weight excluding hydrogens is 237 g/mol. The summed E-state index contributed by atoms with van der Waals surface area (Å²) in [5.41, 5.74) is 0.439. The van der Waals surface area contributed by atoms with Gasteiger partial charge in [0.15, 0.2) is 0 Å². The molecule has 0 saturated carbocycles. The Hall–Kier alpha value is -1.26. The molecule has 2 nitrogen and oxygen atoms in total. The Morgan fingerprint density at radius 1 is 1.47 bits per heavy atom. The van der Waals surface area contributed by atoms with Crippen molar-refractivity contribution in [1.29, 1.82) is 0 Å². The average molecular weight is 249 g/mol. The largest absolute Gasteiger partial charge is 0.385 e. The predicted molar refractivity (Wildman–Crippen MR) is 64.4 cm³/mol. The van der Waals surface area contributed by atoms with Gasteiger partial charge in [0.1, 0.15) is 5.82 Å². The first-order chi connectivity index (χ1) is 8.19. The van der Waals surface area contributed by atoms with Crippen LogP contribution in [0.4, 0.5) is 4.39 Å². The first kappa shape index (κ1) is 10.9. The van der Waals surface area contributed by atoms with E-state index >= 15 is 0 Å². The van der Waals surface area contributed by atoms with Crippen molar-refractivity contribution in [3.63, 3.8) is 0 Å². The lowest BCUT2D eigenvalue weighted by Gasteiger charge is -2.22. The summed E-state index contributed by atoms with van der Waals surface area (Å²) in [5.74, 6) is -0.211. The van der Waals surface area contributed by atoms with Crippen LogP contribution in [-0.4, -0.2) is 10.1 Å². The second-order valence-corrected chi connectivity index (χ2v) is 5.38. The second-order valence-electron chi connectivity index (χ2n) is 4.40. The lowest BCUT2D eigenvalue weighted by Crippen LogP contribution is -2.25. The van der Waals surface area contributed by atoms with Crippen LogP contribution in [0.2, 0.25) is 0 Å². The van der Waals surface area contributed by atoms with Crippen molar-refractivity contribution in [1.82, 2.24) is 4.98 Å². The van der Waals surface area contributed by atoms with Gasteiger partial charge in [0.25, 0.3) is 0 Å². The Morgan fingerprint density at radius 3 is 3.12 bits per heavy atom. The van der Waals surface area contributed by atoms with Crippen LogP contribution >= 0.6 is 11.3 Å². The van der Waals surface area contributed by atoms with Gasteiger partial charge >= 0.3 is 0 Å². The third-order valence-electron chi connectivity index (χ3n) is 3.34. The van der Waals surface area contributed by atoms with E-state index in [4.69, 9.17) is 0 Å². The fourth-order valence-electron chi connectivity index (χ4n) is 2.49. The van der Waals surface area contributed by atoms with E-state index < -0.39 is 5.60 Å². The third kappa shape index (κ3) is 1.77. The fraction of sp³-hybridized carbons (Fsp3) is 0.308. The fourth-order valence-corrected chi connectivity index (χ4v) is 3.21. The summed E-state index contributed by atoms with van der Waals surface area (Å²) in [7, 11) is 0. The smallest absolute Gasteiger partial charge is 0.126 e. The zero-order chi connectivity index (χ0) is 11.9. The molecule has 1 aromatic heterocycles. The summed E-state index contributed by atoms with van der Waals surface area (Å²) in [6.45, 7) is 0. The van der Waals surface area contributed by atoms with Crippen LogP contribution in [0.1, 0.15) is 22.6 Å². The minimum absolute atomic E-state index is 0.211. The number of fused-ring (bicyclic) bond motifs is 1. The first-order valence-electron chi connectivity index (χ1n) is 5.58. The summed E-state index contributed by atoms with van der Waals surface area (Å²) in [6.07, 6.45) is 3.37. The van der Waals surface area contributed by atoms with Crippen LogP contribution in [0.15, 0.2) is 29.8 Å². The van der Waals surface area contributed by atoms with Crippen LogP contribution in [0, 0.1) is 5.82 Å². The summed E-state index contributed by atoms with van der Waals surface area (Å²) < 4.78 is 13.6. The lowest BCUT2D eigenvalue weighted by molar-refractivity contribution is 0.0389. The van der Waals surface area contributed by atoms with Gasteiger partial charge in [-0.2, -0.15) is 0 Å². The number of thiazole rings is 1. The van der Waals surface area contributed by atoms with E-state index in [1.54, 1.807) is 12.3 Å². The summed E-state index contributed by atoms with van der Waals surface area (Å²) >= 11 is 1.52. The number of hydrogen-bond donors (Lipinski definition) is 1. The number of benzene rings is 1. The first-order valence-corrected chi connectivity index (χ1v) is 6.46. The molecule has 0 amide bonds. The Bertz CT molecular complexity index is 540. The van der Waals surface area contributed by atoms with Crippen molar-refractivity contribution in [2.75, 3.05) is 0 Å². The highest BCUT2D eigenvalue weighted by Crippen LogP contribution is 2.40. The average Bonchev–Trinajstić information content (AvgIpc) is 2.90. The highest BCUT2D eigenvalue weighted by Gasteiger charge is 2.38. The molecular formula is C13H12FNOS. The van der Waals surface area contributed by atoms with E-state index in [9.17, 15) is 9.50 Å². The number of hydrogen-bond acceptors (Lipinski definition) is 3. The SMILES string of the molecule is OC1(Cc2nccs2)CCc2c(F)cccc21. The van der Waals surface area contributed by atoms with Crippen LogP contribution in [0.25, 0.3) is 0 Å². The molecule has 1 unspecified atom stereocenters. The van der Waals surface area contributed by atoms with Gasteiger partial charge in [-0.25, -0.2) is 9.37 Å². The van der Waals surface area contributed by atoms with Gasteiger partial charge in [-0.1, -0.05) is 12.1 Å². The molecule has 2 aromatic rings. The highest BCUT2D eigenvalue weighted by atomic mass is 32.1. The van der Waals surface area contributed by atoms with Gasteiger partial charge in [0, 0.05) is 18.0 Å². The van der Waals surface area contributed by atoms with E-state index in [0.29, 0.717) is 24.8 Å². The summed E-state index contributed by atoms with van der Waals surface area (Å²) in [6, 6.07) is 4.93. The number of aliphatic hydroxyl groups is 1. The predicted octanol–water partition coefficient (Wildman–Crippen LogP) is 2.66. The van der Waals surface area contributed by atoms with E-state index in [1.807, 2.05) is 11.4 Å². The zero-order valence-corrected chi connectivity index (χ0v) is 10.0. The quantitative estimate of drug-likeness (QED) is 0.887. The monoisotopic (exact) mass is 249 g/mol. The molecule has 0 fully saturated rings. The second kappa shape index (κ2) is 3.89. The topological polar surface area (TPSA) is 33.1 Å². The highest BCUT2D eigenvalue weighted by molar-refractivity contribution is 7.09. The Labute approximate surface area is 103 Å². The number of nitrogens with zero attached hydrogens (tertiary/aromatic N) is 1. The molecule has 1 aliphatic rings. The zero-order valence-electron chi connectivity index (χ0n) is 9.19. The number of rotatable bonds is 2. The molecule has 1 aromatic carbocycles. The van der Waals surface area contributed by atoms with E-state index in [1.165, 1.54) is 17.4 Å². The molecule has 1 aliphatic carbocycles. The summed E-state index contributed by atoms with van der Waals surface area (Å²) in [5, 5.41) is 13.4. The van der Waals surface area contributed by atoms with Crippen LogP contribution < -0.4 is 0 Å². The van der Waals surface area contributed by atoms with Crippen molar-refractivity contribution in [3.05, 3.63) is 51.7 Å². The molecule has 0 bridgehead atoms. The van der Waals surface area contributed by atoms with Crippen LogP contribution in [0.3, 0.4) is 0 Å². The molecule has 1 atom stereocenters.